The SMILES string of the molecule is NC(=O)c1ncn([C@@H]2OC(COP(=O)(O)OP(=O)(O)OP(=O)(O)O)C3O[C@H]32)n1. The Hall–Kier alpha value is -1.06. The molecule has 0 aliphatic carbocycles. The molecule has 0 bridgehead atoms. The molecule has 0 aromatic carbocycles. The molecule has 6 N–H and O–H groups in total. The first kappa shape index (κ1) is 21.6. The van der Waals surface area contributed by atoms with Gasteiger partial charge in [-0.05, 0) is 0 Å². The first-order chi connectivity index (χ1) is 12.8. The van der Waals surface area contributed by atoms with Crippen LogP contribution in [-0.2, 0) is 36.3 Å². The van der Waals surface area contributed by atoms with Gasteiger partial charge in [-0.3, -0.25) is 9.32 Å². The number of carbonyl (C=O) groups excluding carboxylic acids is 1. The number of primary amides is 1. The quantitative estimate of drug-likeness (QED) is 0.202. The highest BCUT2D eigenvalue weighted by atomic mass is 31.3. The first-order valence-electron chi connectivity index (χ1n) is 7.06. The van der Waals surface area contributed by atoms with Gasteiger partial charge in [0.1, 0.15) is 24.6 Å². The molecule has 2 aliphatic heterocycles. The minimum atomic E-state index is -5.61. The lowest BCUT2D eigenvalue weighted by Gasteiger charge is -2.19. The molecule has 158 valence electrons. The van der Waals surface area contributed by atoms with Crippen LogP contribution in [0.3, 0.4) is 0 Å². The zero-order chi connectivity index (χ0) is 20.9. The van der Waals surface area contributed by atoms with Crippen LogP contribution in [0.5, 0.6) is 0 Å². The average molecular weight is 466 g/mol. The monoisotopic (exact) mass is 466 g/mol. The lowest BCUT2D eigenvalue weighted by molar-refractivity contribution is -0.0876. The zero-order valence-corrected chi connectivity index (χ0v) is 16.0. The fourth-order valence-corrected chi connectivity index (χ4v) is 5.36. The Bertz CT molecular complexity index is 913. The molecule has 0 radical (unpaired) electrons. The average Bonchev–Trinajstić information content (AvgIpc) is 2.98. The zero-order valence-electron chi connectivity index (χ0n) is 13.3. The third-order valence-electron chi connectivity index (χ3n) is 3.33. The smallest absolute Gasteiger partial charge is 0.363 e. The predicted octanol–water partition coefficient (Wildman–Crippen LogP) is -1.61. The predicted molar refractivity (Wildman–Crippen MR) is 80.9 cm³/mol. The van der Waals surface area contributed by atoms with E-state index in [1.54, 1.807) is 0 Å². The van der Waals surface area contributed by atoms with Gasteiger partial charge < -0.3 is 34.8 Å². The maximum Gasteiger partial charge on any atom is 0.490 e. The number of amides is 1. The molecule has 2 saturated heterocycles. The van der Waals surface area contributed by atoms with E-state index >= 15 is 0 Å². The first-order valence-corrected chi connectivity index (χ1v) is 11.6. The fraction of sp³-hybridized carbons (Fsp3) is 0.625. The summed E-state index contributed by atoms with van der Waals surface area (Å²) in [5.74, 6) is -1.13. The number of hydrogen-bond donors (Lipinski definition) is 5. The Balaban J connectivity index is 1.56. The van der Waals surface area contributed by atoms with Crippen molar-refractivity contribution in [1.29, 1.82) is 0 Å². The van der Waals surface area contributed by atoms with Crippen molar-refractivity contribution in [2.24, 2.45) is 5.73 Å². The molecule has 0 saturated carbocycles. The van der Waals surface area contributed by atoms with Crippen LogP contribution in [0.1, 0.15) is 16.8 Å². The summed E-state index contributed by atoms with van der Waals surface area (Å²) in [6.45, 7) is -0.668. The van der Waals surface area contributed by atoms with Gasteiger partial charge >= 0.3 is 23.5 Å². The van der Waals surface area contributed by atoms with Crippen LogP contribution in [0, 0.1) is 0 Å². The summed E-state index contributed by atoms with van der Waals surface area (Å²) >= 11 is 0. The van der Waals surface area contributed by atoms with Gasteiger partial charge in [0, 0.05) is 0 Å². The van der Waals surface area contributed by atoms with E-state index in [4.69, 9.17) is 29.9 Å². The van der Waals surface area contributed by atoms with Crippen LogP contribution in [0.25, 0.3) is 0 Å². The van der Waals surface area contributed by atoms with E-state index in [1.807, 2.05) is 0 Å². The lowest BCUT2D eigenvalue weighted by Crippen LogP contribution is -2.24. The number of epoxide rings is 1. The van der Waals surface area contributed by atoms with Crippen LogP contribution >= 0.6 is 23.5 Å². The number of phosphoric ester groups is 1. The number of rotatable bonds is 9. The minimum Gasteiger partial charge on any atom is -0.363 e. The number of aromatic nitrogens is 3. The number of nitrogens with two attached hydrogens (primary N) is 1. The van der Waals surface area contributed by atoms with Crippen LogP contribution in [0.4, 0.5) is 0 Å². The van der Waals surface area contributed by atoms with E-state index in [0.29, 0.717) is 0 Å². The molecule has 0 spiro atoms. The summed E-state index contributed by atoms with van der Waals surface area (Å²) in [5, 5.41) is 3.79. The van der Waals surface area contributed by atoms with Gasteiger partial charge in [-0.15, -0.1) is 5.10 Å². The van der Waals surface area contributed by atoms with Gasteiger partial charge in [-0.25, -0.2) is 23.4 Å². The normalized spacial score (nSPS) is 31.0. The second-order valence-corrected chi connectivity index (χ2v) is 9.85. The molecule has 17 nitrogen and oxygen atoms in total. The van der Waals surface area contributed by atoms with Crippen molar-refractivity contribution < 1.29 is 60.7 Å². The highest BCUT2D eigenvalue weighted by Crippen LogP contribution is 2.66. The van der Waals surface area contributed by atoms with Crippen LogP contribution in [0.15, 0.2) is 6.33 Å². The number of fused-ring (bicyclic) bond motifs is 1. The maximum atomic E-state index is 11.7. The number of carbonyl (C=O) groups is 1. The molecule has 4 unspecified atom stereocenters. The summed E-state index contributed by atoms with van der Waals surface area (Å²) in [5.41, 5.74) is 5.04. The molecule has 6 atom stereocenters. The Labute approximate surface area is 154 Å². The minimum absolute atomic E-state index is 0.266. The molecule has 3 rings (SSSR count). The molecular formula is C8H13N4O13P3. The van der Waals surface area contributed by atoms with Crippen molar-refractivity contribution in [3.05, 3.63) is 12.2 Å². The second-order valence-electron chi connectivity index (χ2n) is 5.43. The number of ether oxygens (including phenoxy) is 2. The van der Waals surface area contributed by atoms with Crippen molar-refractivity contribution in [3.8, 4) is 0 Å². The molecule has 3 heterocycles. The van der Waals surface area contributed by atoms with E-state index in [9.17, 15) is 23.4 Å². The third-order valence-corrected chi connectivity index (χ3v) is 7.13. The van der Waals surface area contributed by atoms with Crippen molar-refractivity contribution in [2.45, 2.75) is 24.5 Å². The summed E-state index contributed by atoms with van der Waals surface area (Å²) in [6.07, 6.45) is -1.74. The highest BCUT2D eigenvalue weighted by Gasteiger charge is 2.60. The standard InChI is InChI=1S/C8H13N4O13P3/c9-6(13)7-10-2-12(11-7)8-5-4(23-5)3(22-8)1-21-27(17,18)25-28(19,20)24-26(14,15)16/h2-5,8H,1H2,(H2,9,13)(H,17,18)(H,19,20)(H2,14,15,16)/t3?,4?,5-,8-/m1/s1. The van der Waals surface area contributed by atoms with E-state index in [2.05, 4.69) is 23.2 Å². The second kappa shape index (κ2) is 7.32. The van der Waals surface area contributed by atoms with Crippen LogP contribution < -0.4 is 5.73 Å². The van der Waals surface area contributed by atoms with Gasteiger partial charge in [0.25, 0.3) is 5.91 Å². The summed E-state index contributed by atoms with van der Waals surface area (Å²) in [4.78, 5) is 50.1. The van der Waals surface area contributed by atoms with E-state index < -0.39 is 60.5 Å². The Morgan fingerprint density at radius 2 is 1.82 bits per heavy atom. The van der Waals surface area contributed by atoms with E-state index in [-0.39, 0.29) is 5.82 Å². The lowest BCUT2D eigenvalue weighted by atomic mass is 10.2. The Morgan fingerprint density at radius 1 is 1.14 bits per heavy atom. The highest BCUT2D eigenvalue weighted by molar-refractivity contribution is 7.66. The van der Waals surface area contributed by atoms with E-state index in [1.165, 1.54) is 0 Å². The molecule has 2 aliphatic rings. The maximum absolute atomic E-state index is 11.7. The fourth-order valence-electron chi connectivity index (χ4n) is 2.33. The topological polar surface area (TPSA) is 255 Å². The molecule has 28 heavy (non-hydrogen) atoms. The molecule has 1 amide bonds. The van der Waals surface area contributed by atoms with Gasteiger partial charge in [0.15, 0.2) is 6.23 Å². The van der Waals surface area contributed by atoms with Gasteiger partial charge in [-0.1, -0.05) is 0 Å². The molecular weight excluding hydrogens is 453 g/mol. The largest absolute Gasteiger partial charge is 0.490 e. The summed E-state index contributed by atoms with van der Waals surface area (Å²) < 4.78 is 57.1. The molecule has 1 aromatic rings. The van der Waals surface area contributed by atoms with Gasteiger partial charge in [-0.2, -0.15) is 8.62 Å². The third kappa shape index (κ3) is 5.30. The molecule has 1 aromatic heterocycles. The van der Waals surface area contributed by atoms with Crippen LogP contribution in [0.2, 0.25) is 0 Å². The van der Waals surface area contributed by atoms with Crippen molar-refractivity contribution in [2.75, 3.05) is 6.61 Å². The number of phosphoric acid groups is 3. The Kier molecular flexibility index (Phi) is 5.66. The number of hydrogen-bond acceptors (Lipinski definition) is 11. The molecule has 2 fully saturated rings. The summed E-state index contributed by atoms with van der Waals surface area (Å²) in [7, 11) is -16.4. The summed E-state index contributed by atoms with van der Waals surface area (Å²) in [6, 6.07) is 0. The molecule has 20 heteroatoms. The van der Waals surface area contributed by atoms with Gasteiger partial charge in [0.05, 0.1) is 6.61 Å². The van der Waals surface area contributed by atoms with Crippen LogP contribution in [-0.4, -0.2) is 65.2 Å². The van der Waals surface area contributed by atoms with Gasteiger partial charge in [0.2, 0.25) is 5.82 Å². The van der Waals surface area contributed by atoms with Crippen molar-refractivity contribution in [3.63, 3.8) is 0 Å². The van der Waals surface area contributed by atoms with Crippen molar-refractivity contribution >= 4 is 29.4 Å². The Morgan fingerprint density at radius 3 is 2.39 bits per heavy atom. The van der Waals surface area contributed by atoms with E-state index in [0.717, 1.165) is 11.0 Å². The number of nitrogens with zero attached hydrogens (tertiary/aromatic N) is 3. The van der Waals surface area contributed by atoms with Crippen molar-refractivity contribution in [1.82, 2.24) is 14.8 Å².